The van der Waals surface area contributed by atoms with Crippen LogP contribution in [0.15, 0.2) is 0 Å². The third kappa shape index (κ3) is 40.8. The molecule has 0 radical (unpaired) electrons. The predicted molar refractivity (Wildman–Crippen MR) is 56.7 cm³/mol. The lowest BCUT2D eigenvalue weighted by molar-refractivity contribution is -0.849. The van der Waals surface area contributed by atoms with Crippen LogP contribution in [0.3, 0.4) is 0 Å². The molecule has 0 atom stereocenters. The number of hydrogen-bond acceptors (Lipinski definition) is 3. The molecule has 6 heteroatoms. The third-order valence-corrected chi connectivity index (χ3v) is 1.61. The van der Waals surface area contributed by atoms with E-state index in [1.165, 1.54) is 0 Å². The Morgan fingerprint density at radius 3 is 1.64 bits per heavy atom. The molecular formula is C8H22NO4S+. The summed E-state index contributed by atoms with van der Waals surface area (Å²) >= 11 is 0. The first-order valence-electron chi connectivity index (χ1n) is 4.41. The van der Waals surface area contributed by atoms with Gasteiger partial charge in [-0.2, -0.15) is 8.42 Å². The van der Waals surface area contributed by atoms with Crippen LogP contribution in [0.5, 0.6) is 0 Å². The molecular weight excluding hydrogens is 206 g/mol. The zero-order valence-corrected chi connectivity index (χ0v) is 10.2. The molecule has 0 aliphatic carbocycles. The van der Waals surface area contributed by atoms with Crippen LogP contribution in [-0.2, 0) is 10.1 Å². The summed E-state index contributed by atoms with van der Waals surface area (Å²) in [5.74, 6) is -0.256. The van der Waals surface area contributed by atoms with Crippen LogP contribution in [0.25, 0.3) is 0 Å². The van der Waals surface area contributed by atoms with Crippen molar-refractivity contribution in [2.75, 3.05) is 40.6 Å². The van der Waals surface area contributed by atoms with Crippen LogP contribution >= 0.6 is 0 Å². The van der Waals surface area contributed by atoms with Crippen LogP contribution in [0.1, 0.15) is 12.8 Å². The average molecular weight is 228 g/mol. The summed E-state index contributed by atoms with van der Waals surface area (Å²) in [6, 6.07) is 0. The van der Waals surface area contributed by atoms with E-state index < -0.39 is 10.1 Å². The van der Waals surface area contributed by atoms with Crippen molar-refractivity contribution in [2.24, 2.45) is 0 Å². The topological polar surface area (TPSA) is 74.6 Å². The van der Waals surface area contributed by atoms with Crippen molar-refractivity contribution in [2.45, 2.75) is 12.8 Å². The monoisotopic (exact) mass is 228 g/mol. The van der Waals surface area contributed by atoms with E-state index in [2.05, 4.69) is 28.2 Å². The Morgan fingerprint density at radius 2 is 1.43 bits per heavy atom. The fraction of sp³-hybridized carbons (Fsp3) is 1.00. The molecule has 0 amide bonds. The number of aliphatic hydroxyl groups is 1. The number of aliphatic hydroxyl groups excluding tert-OH is 1. The minimum absolute atomic E-state index is 0.0322. The summed E-state index contributed by atoms with van der Waals surface area (Å²) in [6.07, 6.45) is 0.731. The normalized spacial score (nSPS) is 11.9. The van der Waals surface area contributed by atoms with Crippen molar-refractivity contribution < 1.29 is 22.6 Å². The van der Waals surface area contributed by atoms with Crippen LogP contribution in [0.2, 0.25) is 0 Å². The van der Waals surface area contributed by atoms with Gasteiger partial charge in [0, 0.05) is 6.61 Å². The molecule has 0 bridgehead atoms. The van der Waals surface area contributed by atoms with Gasteiger partial charge in [0.1, 0.15) is 0 Å². The molecule has 0 fully saturated rings. The Bertz CT molecular complexity index is 212. The van der Waals surface area contributed by atoms with Gasteiger partial charge < -0.3 is 9.59 Å². The maximum atomic E-state index is 9.98. The van der Waals surface area contributed by atoms with E-state index in [0.717, 1.165) is 4.48 Å². The fourth-order valence-electron chi connectivity index (χ4n) is 0.396. The molecule has 0 heterocycles. The van der Waals surface area contributed by atoms with Crippen molar-refractivity contribution in [3.63, 3.8) is 0 Å². The summed E-state index contributed by atoms with van der Waals surface area (Å²) in [6.45, 7) is -0.0322. The maximum absolute atomic E-state index is 9.98. The van der Waals surface area contributed by atoms with Crippen molar-refractivity contribution >= 4 is 10.1 Å². The quantitative estimate of drug-likeness (QED) is 0.402. The van der Waals surface area contributed by atoms with E-state index in [-0.39, 0.29) is 12.4 Å². The molecule has 0 aromatic heterocycles. The molecule has 14 heavy (non-hydrogen) atoms. The number of unbranched alkanes of at least 4 members (excludes halogenated alkanes) is 1. The Kier molecular flexibility index (Phi) is 8.33. The number of rotatable bonds is 4. The number of nitrogens with zero attached hydrogens (tertiary/aromatic N) is 1. The van der Waals surface area contributed by atoms with Gasteiger partial charge in [0.05, 0.1) is 33.9 Å². The molecule has 88 valence electrons. The number of hydrogen-bond donors (Lipinski definition) is 2. The van der Waals surface area contributed by atoms with E-state index >= 15 is 0 Å². The van der Waals surface area contributed by atoms with E-state index in [0.29, 0.717) is 12.8 Å². The van der Waals surface area contributed by atoms with Gasteiger partial charge >= 0.3 is 0 Å². The van der Waals surface area contributed by atoms with Gasteiger partial charge in [-0.3, -0.25) is 4.55 Å². The minimum atomic E-state index is -3.81. The Balaban J connectivity index is 0. The highest BCUT2D eigenvalue weighted by Gasteiger charge is 2.01. The summed E-state index contributed by atoms with van der Waals surface area (Å²) in [7, 11) is 4.69. The van der Waals surface area contributed by atoms with Crippen molar-refractivity contribution in [1.29, 1.82) is 0 Å². The van der Waals surface area contributed by atoms with Gasteiger partial charge in [-0.1, -0.05) is 0 Å². The second kappa shape index (κ2) is 7.17. The highest BCUT2D eigenvalue weighted by molar-refractivity contribution is 7.85. The molecule has 2 N–H and O–H groups in total. The molecule has 0 aromatic carbocycles. The molecule has 0 saturated carbocycles. The van der Waals surface area contributed by atoms with Crippen LogP contribution in [0.4, 0.5) is 0 Å². The van der Waals surface area contributed by atoms with Crippen molar-refractivity contribution in [1.82, 2.24) is 0 Å². The van der Waals surface area contributed by atoms with E-state index in [4.69, 9.17) is 9.66 Å². The first-order valence-corrected chi connectivity index (χ1v) is 6.02. The molecule has 5 nitrogen and oxygen atoms in total. The summed E-state index contributed by atoms with van der Waals surface area (Å²) < 4.78 is 29.1. The van der Waals surface area contributed by atoms with Gasteiger partial charge in [0.2, 0.25) is 0 Å². The molecule has 0 rings (SSSR count). The zero-order chi connectivity index (χ0) is 11.8. The first kappa shape index (κ1) is 16.3. The second-order valence-corrected chi connectivity index (χ2v) is 5.97. The fourth-order valence-corrected chi connectivity index (χ4v) is 0.965. The van der Waals surface area contributed by atoms with Crippen LogP contribution in [0, 0.1) is 0 Å². The Labute approximate surface area is 86.7 Å². The Morgan fingerprint density at radius 1 is 1.07 bits per heavy atom. The van der Waals surface area contributed by atoms with E-state index in [1.54, 1.807) is 0 Å². The molecule has 0 aliphatic heterocycles. The molecule has 0 aromatic rings. The average Bonchev–Trinajstić information content (AvgIpc) is 1.80. The van der Waals surface area contributed by atoms with Gasteiger partial charge in [-0.15, -0.1) is 0 Å². The lowest BCUT2D eigenvalue weighted by atomic mass is 10.4. The van der Waals surface area contributed by atoms with Crippen molar-refractivity contribution in [3.05, 3.63) is 0 Å². The second-order valence-electron chi connectivity index (χ2n) is 4.40. The first-order chi connectivity index (χ1) is 6.06. The summed E-state index contributed by atoms with van der Waals surface area (Å²) in [4.78, 5) is 0. The lowest BCUT2D eigenvalue weighted by Gasteiger charge is -2.14. The molecule has 0 aliphatic rings. The smallest absolute Gasteiger partial charge is 0.264 e. The lowest BCUT2D eigenvalue weighted by Crippen LogP contribution is -2.27. The third-order valence-electron chi connectivity index (χ3n) is 0.810. The van der Waals surface area contributed by atoms with Gasteiger partial charge in [0.25, 0.3) is 10.1 Å². The van der Waals surface area contributed by atoms with Crippen molar-refractivity contribution in [3.8, 4) is 0 Å². The maximum Gasteiger partial charge on any atom is 0.264 e. The largest absolute Gasteiger partial charge is 0.396 e. The molecule has 0 spiro atoms. The highest BCUT2D eigenvalue weighted by Crippen LogP contribution is 1.91. The summed E-state index contributed by atoms with van der Waals surface area (Å²) in [5.41, 5.74) is 0. The highest BCUT2D eigenvalue weighted by atomic mass is 32.2. The molecule has 0 unspecified atom stereocenters. The zero-order valence-electron chi connectivity index (χ0n) is 9.39. The van der Waals surface area contributed by atoms with Gasteiger partial charge in [-0.05, 0) is 12.8 Å². The van der Waals surface area contributed by atoms with Crippen LogP contribution in [-0.4, -0.2) is 63.1 Å². The predicted octanol–water partition coefficient (Wildman–Crippen LogP) is -0.0309. The molecule has 0 saturated heterocycles. The summed E-state index contributed by atoms with van der Waals surface area (Å²) in [5, 5.41) is 8.19. The minimum Gasteiger partial charge on any atom is -0.396 e. The van der Waals surface area contributed by atoms with Gasteiger partial charge in [0.15, 0.2) is 0 Å². The van der Waals surface area contributed by atoms with E-state index in [1.807, 2.05) is 0 Å². The van der Waals surface area contributed by atoms with Gasteiger partial charge in [-0.25, -0.2) is 0 Å². The number of quaternary nitrogens is 1. The van der Waals surface area contributed by atoms with Crippen LogP contribution < -0.4 is 0 Å². The SMILES string of the molecule is C[N+](C)(C)C.O=S(=O)(O)CCCCO. The standard InChI is InChI=1S/C4H12N.C4H10O4S/c1-5(2,3)4;5-3-1-2-4-9(6,7)8/h1-4H3;5H,1-4H2,(H,6,7,8)/q+1;. The van der Waals surface area contributed by atoms with E-state index in [9.17, 15) is 8.42 Å². The Hall–Kier alpha value is -0.170.